The Hall–Kier alpha value is -1.59. The molecule has 0 fully saturated rings. The molecule has 3 nitrogen and oxygen atoms in total. The molecule has 0 unspecified atom stereocenters. The van der Waals surface area contributed by atoms with Crippen LogP contribution in [0.25, 0.3) is 0 Å². The predicted octanol–water partition coefficient (Wildman–Crippen LogP) is 5.46. The molecule has 0 aliphatic rings. The average molecular weight is 410 g/mol. The Labute approximate surface area is 157 Å². The molecule has 0 aromatic heterocycles. The lowest BCUT2D eigenvalue weighted by molar-refractivity contribution is 0.264. The molecule has 0 saturated carbocycles. The van der Waals surface area contributed by atoms with Crippen molar-refractivity contribution in [1.29, 1.82) is 0 Å². The second kappa shape index (κ2) is 10.4. The summed E-state index contributed by atoms with van der Waals surface area (Å²) in [6.45, 7) is 6.55. The van der Waals surface area contributed by atoms with Gasteiger partial charge in [0.05, 0.1) is 11.1 Å². The third-order valence-corrected chi connectivity index (χ3v) is 4.32. The Morgan fingerprint density at radius 1 is 1.12 bits per heavy atom. The molecule has 0 spiro atoms. The minimum atomic E-state index is -0.270. The first kappa shape index (κ1) is 19.7. The van der Waals surface area contributed by atoms with E-state index in [2.05, 4.69) is 28.2 Å². The van der Waals surface area contributed by atoms with Crippen LogP contribution in [0, 0.1) is 5.82 Å². The highest BCUT2D eigenvalue weighted by Crippen LogP contribution is 2.37. The average Bonchev–Trinajstić information content (AvgIpc) is 2.60. The van der Waals surface area contributed by atoms with Crippen LogP contribution in [-0.4, -0.2) is 13.2 Å². The standard InChI is InChI=1S/C20H25BrFNO2/c1-3-5-10-23-13-15-11-17(21)20(19(12-15)24-4-2)25-14-16-8-6-7-9-18(16)22/h6-9,11-12,23H,3-5,10,13-14H2,1-2H3. The van der Waals surface area contributed by atoms with Crippen LogP contribution in [0.5, 0.6) is 11.5 Å². The van der Waals surface area contributed by atoms with Gasteiger partial charge in [0.25, 0.3) is 0 Å². The van der Waals surface area contributed by atoms with Crippen molar-refractivity contribution in [3.63, 3.8) is 0 Å². The summed E-state index contributed by atoms with van der Waals surface area (Å²) >= 11 is 3.56. The lowest BCUT2D eigenvalue weighted by atomic mass is 10.2. The van der Waals surface area contributed by atoms with E-state index in [1.54, 1.807) is 18.2 Å². The van der Waals surface area contributed by atoms with Gasteiger partial charge in [-0.3, -0.25) is 0 Å². The van der Waals surface area contributed by atoms with Gasteiger partial charge in [0, 0.05) is 12.1 Å². The van der Waals surface area contributed by atoms with E-state index >= 15 is 0 Å². The van der Waals surface area contributed by atoms with Crippen LogP contribution in [0.15, 0.2) is 40.9 Å². The van der Waals surface area contributed by atoms with E-state index in [-0.39, 0.29) is 12.4 Å². The molecule has 0 radical (unpaired) electrons. The van der Waals surface area contributed by atoms with Crippen LogP contribution in [0.4, 0.5) is 4.39 Å². The molecule has 0 amide bonds. The molecule has 0 bridgehead atoms. The number of hydrogen-bond donors (Lipinski definition) is 1. The molecule has 2 aromatic carbocycles. The van der Waals surface area contributed by atoms with E-state index in [0.29, 0.717) is 23.7 Å². The summed E-state index contributed by atoms with van der Waals surface area (Å²) in [4.78, 5) is 0. The quantitative estimate of drug-likeness (QED) is 0.528. The highest BCUT2D eigenvalue weighted by atomic mass is 79.9. The zero-order chi connectivity index (χ0) is 18.1. The first-order chi connectivity index (χ1) is 12.2. The summed E-state index contributed by atoms with van der Waals surface area (Å²) in [7, 11) is 0. The van der Waals surface area contributed by atoms with Gasteiger partial charge in [0.1, 0.15) is 12.4 Å². The van der Waals surface area contributed by atoms with E-state index in [4.69, 9.17) is 9.47 Å². The minimum Gasteiger partial charge on any atom is -0.490 e. The Balaban J connectivity index is 2.11. The van der Waals surface area contributed by atoms with Crippen LogP contribution >= 0.6 is 15.9 Å². The molecule has 1 N–H and O–H groups in total. The van der Waals surface area contributed by atoms with Gasteiger partial charge in [-0.05, 0) is 59.6 Å². The molecule has 0 aliphatic heterocycles. The summed E-state index contributed by atoms with van der Waals surface area (Å²) in [5.41, 5.74) is 1.63. The number of halogens is 2. The van der Waals surface area contributed by atoms with Gasteiger partial charge in [-0.15, -0.1) is 0 Å². The van der Waals surface area contributed by atoms with Crippen molar-refractivity contribution in [2.75, 3.05) is 13.2 Å². The third-order valence-electron chi connectivity index (χ3n) is 3.74. The number of unbranched alkanes of at least 4 members (excludes halogenated alkanes) is 1. The summed E-state index contributed by atoms with van der Waals surface area (Å²) in [5.74, 6) is 0.997. The monoisotopic (exact) mass is 409 g/mol. The van der Waals surface area contributed by atoms with Crippen molar-refractivity contribution >= 4 is 15.9 Å². The van der Waals surface area contributed by atoms with Crippen molar-refractivity contribution in [2.45, 2.75) is 39.8 Å². The molecule has 136 valence electrons. The first-order valence-electron chi connectivity index (χ1n) is 8.67. The number of nitrogens with one attached hydrogen (secondary N) is 1. The fourth-order valence-corrected chi connectivity index (χ4v) is 3.03. The van der Waals surface area contributed by atoms with Crippen LogP contribution in [-0.2, 0) is 13.2 Å². The SMILES string of the molecule is CCCCNCc1cc(Br)c(OCc2ccccc2F)c(OCC)c1. The lowest BCUT2D eigenvalue weighted by Crippen LogP contribution is -2.14. The van der Waals surface area contributed by atoms with Gasteiger partial charge < -0.3 is 14.8 Å². The molecule has 0 atom stereocenters. The molecule has 25 heavy (non-hydrogen) atoms. The fraction of sp³-hybridized carbons (Fsp3) is 0.400. The van der Waals surface area contributed by atoms with Crippen molar-refractivity contribution in [3.05, 3.63) is 57.8 Å². The van der Waals surface area contributed by atoms with E-state index in [1.807, 2.05) is 19.1 Å². The predicted molar refractivity (Wildman–Crippen MR) is 103 cm³/mol. The Kier molecular flexibility index (Phi) is 8.22. The normalized spacial score (nSPS) is 10.7. The number of benzene rings is 2. The molecule has 0 aliphatic carbocycles. The van der Waals surface area contributed by atoms with Gasteiger partial charge in [-0.2, -0.15) is 0 Å². The summed E-state index contributed by atoms with van der Waals surface area (Å²) in [6.07, 6.45) is 2.33. The molecule has 0 saturated heterocycles. The van der Waals surface area contributed by atoms with E-state index in [0.717, 1.165) is 29.5 Å². The van der Waals surface area contributed by atoms with Crippen LogP contribution in [0.2, 0.25) is 0 Å². The maximum Gasteiger partial charge on any atom is 0.175 e. The van der Waals surface area contributed by atoms with Gasteiger partial charge in [0.2, 0.25) is 0 Å². The van der Waals surface area contributed by atoms with Crippen LogP contribution < -0.4 is 14.8 Å². The van der Waals surface area contributed by atoms with Gasteiger partial charge in [-0.1, -0.05) is 31.5 Å². The zero-order valence-corrected chi connectivity index (χ0v) is 16.4. The second-order valence-corrected chi connectivity index (χ2v) is 6.60. The summed E-state index contributed by atoms with van der Waals surface area (Å²) in [6, 6.07) is 10.6. The van der Waals surface area contributed by atoms with Crippen LogP contribution in [0.1, 0.15) is 37.8 Å². The maximum absolute atomic E-state index is 13.8. The van der Waals surface area contributed by atoms with E-state index in [1.165, 1.54) is 12.5 Å². The van der Waals surface area contributed by atoms with E-state index in [9.17, 15) is 4.39 Å². The lowest BCUT2D eigenvalue weighted by Gasteiger charge is -2.16. The molecule has 2 aromatic rings. The topological polar surface area (TPSA) is 30.5 Å². The maximum atomic E-state index is 13.8. The highest BCUT2D eigenvalue weighted by Gasteiger charge is 2.13. The smallest absolute Gasteiger partial charge is 0.175 e. The van der Waals surface area contributed by atoms with Crippen molar-refractivity contribution in [2.24, 2.45) is 0 Å². The first-order valence-corrected chi connectivity index (χ1v) is 9.47. The molecular weight excluding hydrogens is 385 g/mol. The van der Waals surface area contributed by atoms with Crippen molar-refractivity contribution < 1.29 is 13.9 Å². The Morgan fingerprint density at radius 3 is 2.64 bits per heavy atom. The highest BCUT2D eigenvalue weighted by molar-refractivity contribution is 9.10. The Bertz CT molecular complexity index is 679. The fourth-order valence-electron chi connectivity index (χ4n) is 2.43. The molecule has 2 rings (SSSR count). The molecular formula is C20H25BrFNO2. The molecule has 5 heteroatoms. The van der Waals surface area contributed by atoms with Crippen LogP contribution in [0.3, 0.4) is 0 Å². The summed E-state index contributed by atoms with van der Waals surface area (Å²) in [5, 5.41) is 3.42. The molecule has 0 heterocycles. The second-order valence-electron chi connectivity index (χ2n) is 5.75. The van der Waals surface area contributed by atoms with Crippen molar-refractivity contribution in [1.82, 2.24) is 5.32 Å². The number of ether oxygens (including phenoxy) is 2. The minimum absolute atomic E-state index is 0.152. The van der Waals surface area contributed by atoms with Gasteiger partial charge in [0.15, 0.2) is 11.5 Å². The summed E-state index contributed by atoms with van der Waals surface area (Å²) < 4.78 is 26.2. The Morgan fingerprint density at radius 2 is 1.92 bits per heavy atom. The van der Waals surface area contributed by atoms with E-state index < -0.39 is 0 Å². The zero-order valence-electron chi connectivity index (χ0n) is 14.8. The largest absolute Gasteiger partial charge is 0.490 e. The number of rotatable bonds is 10. The number of hydrogen-bond acceptors (Lipinski definition) is 3. The van der Waals surface area contributed by atoms with Crippen molar-refractivity contribution in [3.8, 4) is 11.5 Å². The van der Waals surface area contributed by atoms with Gasteiger partial charge in [-0.25, -0.2) is 4.39 Å². The van der Waals surface area contributed by atoms with Gasteiger partial charge >= 0.3 is 0 Å². The third kappa shape index (κ3) is 6.01.